The van der Waals surface area contributed by atoms with E-state index in [0.717, 1.165) is 31.7 Å². The van der Waals surface area contributed by atoms with Crippen molar-refractivity contribution in [3.8, 4) is 16.9 Å². The molecule has 2 nitrogen and oxygen atoms in total. The van der Waals surface area contributed by atoms with E-state index in [0.29, 0.717) is 24.2 Å². The third-order valence-corrected chi connectivity index (χ3v) is 6.97. The summed E-state index contributed by atoms with van der Waals surface area (Å²) in [5.41, 5.74) is 0.566. The molecule has 0 spiro atoms. The van der Waals surface area contributed by atoms with Crippen molar-refractivity contribution in [3.63, 3.8) is 0 Å². The van der Waals surface area contributed by atoms with Crippen molar-refractivity contribution in [3.05, 3.63) is 88.2 Å². The van der Waals surface area contributed by atoms with Crippen molar-refractivity contribution >= 4 is 0 Å². The summed E-state index contributed by atoms with van der Waals surface area (Å²) in [6.07, 6.45) is 4.51. The molecule has 37 heavy (non-hydrogen) atoms. The number of hydrogen-bond donors (Lipinski definition) is 0. The topological polar surface area (TPSA) is 18.5 Å². The zero-order valence-electron chi connectivity index (χ0n) is 21.1. The quantitative estimate of drug-likeness (QED) is 0.265. The van der Waals surface area contributed by atoms with Gasteiger partial charge in [-0.15, -0.1) is 0 Å². The lowest BCUT2D eigenvalue weighted by atomic mass is 9.89. The van der Waals surface area contributed by atoms with Crippen LogP contribution in [0.25, 0.3) is 11.1 Å². The summed E-state index contributed by atoms with van der Waals surface area (Å²) in [6, 6.07) is 9.91. The molecule has 0 aliphatic carbocycles. The molecule has 0 aromatic heterocycles. The molecule has 3 aromatic rings. The van der Waals surface area contributed by atoms with Gasteiger partial charge in [0.15, 0.2) is 23.2 Å². The van der Waals surface area contributed by atoms with Crippen molar-refractivity contribution in [1.29, 1.82) is 0 Å². The van der Waals surface area contributed by atoms with Crippen LogP contribution < -0.4 is 4.74 Å². The van der Waals surface area contributed by atoms with Gasteiger partial charge in [0.2, 0.25) is 5.82 Å². The number of benzene rings is 3. The lowest BCUT2D eigenvalue weighted by molar-refractivity contribution is -0.00172. The largest absolute Gasteiger partial charge is 0.491 e. The van der Waals surface area contributed by atoms with Gasteiger partial charge in [0.05, 0.1) is 19.3 Å². The fourth-order valence-electron chi connectivity index (χ4n) is 4.93. The standard InChI is InChI=1S/C30H31F5O2/c1-3-5-21-11-9-20(17-37-21)22-12-7-18(16-25(22)31)6-8-19-10-13-23(28(33)27(19)32)24-14-15-26(36-4-2)30(35)29(24)34/h7,10,12-16,20-21H,3-6,8-9,11,17H2,1-2H3. The summed E-state index contributed by atoms with van der Waals surface area (Å²) in [7, 11) is 0. The Morgan fingerprint density at radius 2 is 1.54 bits per heavy atom. The first kappa shape index (κ1) is 27.1. The Morgan fingerprint density at radius 1 is 0.811 bits per heavy atom. The highest BCUT2D eigenvalue weighted by Gasteiger charge is 2.25. The van der Waals surface area contributed by atoms with Crippen LogP contribution in [-0.4, -0.2) is 19.3 Å². The molecule has 1 aliphatic rings. The predicted octanol–water partition coefficient (Wildman–Crippen LogP) is 8.30. The van der Waals surface area contributed by atoms with Crippen LogP contribution in [0.4, 0.5) is 22.0 Å². The van der Waals surface area contributed by atoms with E-state index < -0.39 is 28.8 Å². The van der Waals surface area contributed by atoms with E-state index in [2.05, 4.69) is 6.92 Å². The van der Waals surface area contributed by atoms with Crippen LogP contribution >= 0.6 is 0 Å². The molecule has 198 valence electrons. The van der Waals surface area contributed by atoms with Gasteiger partial charge in [0.1, 0.15) is 5.82 Å². The van der Waals surface area contributed by atoms with Gasteiger partial charge in [-0.25, -0.2) is 17.6 Å². The fourth-order valence-corrected chi connectivity index (χ4v) is 4.93. The minimum atomic E-state index is -1.31. The van der Waals surface area contributed by atoms with Crippen molar-refractivity contribution in [2.24, 2.45) is 0 Å². The molecule has 4 rings (SSSR count). The third-order valence-electron chi connectivity index (χ3n) is 6.97. The Balaban J connectivity index is 1.45. The van der Waals surface area contributed by atoms with E-state index in [1.807, 2.05) is 0 Å². The van der Waals surface area contributed by atoms with Crippen molar-refractivity contribution in [1.82, 2.24) is 0 Å². The predicted molar refractivity (Wildman–Crippen MR) is 133 cm³/mol. The molecule has 2 unspecified atom stereocenters. The van der Waals surface area contributed by atoms with Gasteiger partial charge in [0.25, 0.3) is 0 Å². The van der Waals surface area contributed by atoms with Gasteiger partial charge in [-0.2, -0.15) is 4.39 Å². The molecule has 0 bridgehead atoms. The van der Waals surface area contributed by atoms with Gasteiger partial charge in [0, 0.05) is 17.0 Å². The first-order valence-electron chi connectivity index (χ1n) is 12.8. The molecule has 1 aliphatic heterocycles. The molecule has 1 fully saturated rings. The first-order valence-corrected chi connectivity index (χ1v) is 12.8. The van der Waals surface area contributed by atoms with Gasteiger partial charge >= 0.3 is 0 Å². The normalized spacial score (nSPS) is 17.7. The first-order chi connectivity index (χ1) is 17.8. The van der Waals surface area contributed by atoms with Gasteiger partial charge in [-0.3, -0.25) is 0 Å². The van der Waals surface area contributed by atoms with Crippen molar-refractivity contribution in [2.45, 2.75) is 64.4 Å². The summed E-state index contributed by atoms with van der Waals surface area (Å²) in [5.74, 6) is -5.57. The minimum absolute atomic E-state index is 0.00840. The van der Waals surface area contributed by atoms with E-state index in [1.165, 1.54) is 24.3 Å². The van der Waals surface area contributed by atoms with Crippen molar-refractivity contribution < 1.29 is 31.4 Å². The molecule has 7 heteroatoms. The number of halogens is 5. The Hall–Kier alpha value is -2.93. The Bertz CT molecular complexity index is 1240. The Labute approximate surface area is 214 Å². The zero-order valence-corrected chi connectivity index (χ0v) is 21.1. The molecule has 0 radical (unpaired) electrons. The van der Waals surface area contributed by atoms with Crippen LogP contribution in [0.3, 0.4) is 0 Å². The van der Waals surface area contributed by atoms with E-state index in [4.69, 9.17) is 9.47 Å². The van der Waals surface area contributed by atoms with Gasteiger partial charge in [-0.1, -0.05) is 37.6 Å². The van der Waals surface area contributed by atoms with E-state index in [9.17, 15) is 22.0 Å². The fraction of sp³-hybridized carbons (Fsp3) is 0.400. The van der Waals surface area contributed by atoms with Crippen LogP contribution in [-0.2, 0) is 17.6 Å². The summed E-state index contributed by atoms with van der Waals surface area (Å²) in [5, 5.41) is 0. The second-order valence-electron chi connectivity index (χ2n) is 9.45. The van der Waals surface area contributed by atoms with Gasteiger partial charge < -0.3 is 9.47 Å². The average Bonchev–Trinajstić information content (AvgIpc) is 2.89. The highest BCUT2D eigenvalue weighted by molar-refractivity contribution is 5.66. The third kappa shape index (κ3) is 5.98. The summed E-state index contributed by atoms with van der Waals surface area (Å²) < 4.78 is 84.2. The second kappa shape index (κ2) is 12.1. The lowest BCUT2D eigenvalue weighted by Crippen LogP contribution is -2.25. The van der Waals surface area contributed by atoms with Crippen molar-refractivity contribution in [2.75, 3.05) is 13.2 Å². The van der Waals surface area contributed by atoms with Crippen LogP contribution in [0.2, 0.25) is 0 Å². The molecule has 1 heterocycles. The highest BCUT2D eigenvalue weighted by Crippen LogP contribution is 2.34. The number of aryl methyl sites for hydroxylation is 2. The summed E-state index contributed by atoms with van der Waals surface area (Å²) in [6.45, 7) is 4.37. The smallest absolute Gasteiger partial charge is 0.201 e. The average molecular weight is 519 g/mol. The molecule has 0 amide bonds. The maximum Gasteiger partial charge on any atom is 0.201 e. The van der Waals surface area contributed by atoms with E-state index in [1.54, 1.807) is 19.1 Å². The van der Waals surface area contributed by atoms with E-state index >= 15 is 0 Å². The molecular weight excluding hydrogens is 487 g/mol. The zero-order chi connectivity index (χ0) is 26.5. The number of hydrogen-bond acceptors (Lipinski definition) is 2. The maximum atomic E-state index is 14.9. The number of ether oxygens (including phenoxy) is 2. The maximum absolute atomic E-state index is 14.9. The SMILES string of the molecule is CCCC1CCC(c2ccc(CCc3ccc(-c4ccc(OCC)c(F)c4F)c(F)c3F)cc2F)CO1. The monoisotopic (exact) mass is 518 g/mol. The molecule has 0 N–H and O–H groups in total. The van der Waals surface area contributed by atoms with Gasteiger partial charge in [-0.05, 0) is 73.9 Å². The Morgan fingerprint density at radius 3 is 2.19 bits per heavy atom. The van der Waals surface area contributed by atoms with Crippen LogP contribution in [0.5, 0.6) is 5.75 Å². The highest BCUT2D eigenvalue weighted by atomic mass is 19.2. The van der Waals surface area contributed by atoms with Crippen LogP contribution in [0.1, 0.15) is 62.1 Å². The number of rotatable bonds is 9. The molecule has 2 atom stereocenters. The van der Waals surface area contributed by atoms with E-state index in [-0.39, 0.29) is 47.7 Å². The molecular formula is C30H31F5O2. The molecule has 1 saturated heterocycles. The minimum Gasteiger partial charge on any atom is -0.491 e. The molecule has 3 aromatic carbocycles. The molecule has 0 saturated carbocycles. The lowest BCUT2D eigenvalue weighted by Gasteiger charge is -2.29. The van der Waals surface area contributed by atoms with Crippen LogP contribution in [0.15, 0.2) is 42.5 Å². The van der Waals surface area contributed by atoms with Crippen LogP contribution in [0, 0.1) is 29.1 Å². The Kier molecular flexibility index (Phi) is 8.85. The second-order valence-corrected chi connectivity index (χ2v) is 9.45. The summed E-state index contributed by atoms with van der Waals surface area (Å²) in [4.78, 5) is 0. The summed E-state index contributed by atoms with van der Waals surface area (Å²) >= 11 is 0.